The molecule has 2 heterocycles. The van der Waals surface area contributed by atoms with Crippen molar-refractivity contribution in [3.05, 3.63) is 58.2 Å². The molecule has 1 aromatic heterocycles. The van der Waals surface area contributed by atoms with Crippen LogP contribution in [0.4, 0.5) is 13.2 Å². The number of hydrogen-bond donors (Lipinski definition) is 3. The van der Waals surface area contributed by atoms with E-state index in [0.717, 1.165) is 22.7 Å². The Balaban J connectivity index is 0.000000947. The van der Waals surface area contributed by atoms with Crippen molar-refractivity contribution in [2.75, 3.05) is 13.1 Å². The smallest absolute Gasteiger partial charge is 0.419 e. The fraction of sp³-hybridized carbons (Fsp3) is 0.423. The molecule has 0 unspecified atom stereocenters. The van der Waals surface area contributed by atoms with Crippen LogP contribution in [0.15, 0.2) is 36.4 Å². The number of halogens is 4. The fourth-order valence-electron chi connectivity index (χ4n) is 4.29. The largest absolute Gasteiger partial charge is 0.490 e. The third-order valence-electron chi connectivity index (χ3n) is 5.80. The van der Waals surface area contributed by atoms with Crippen LogP contribution in [0.2, 0.25) is 5.02 Å². The van der Waals surface area contributed by atoms with E-state index in [9.17, 15) is 18.0 Å². The molecule has 2 aromatic carbocycles. The molecule has 4 rings (SSSR count). The highest BCUT2D eigenvalue weighted by atomic mass is 35.5. The Labute approximate surface area is 223 Å². The van der Waals surface area contributed by atoms with Crippen molar-refractivity contribution in [1.82, 2.24) is 4.57 Å². The number of aliphatic carboxylic acids is 1. The molecule has 210 valence electrons. The molecule has 0 amide bonds. The molecular formula is C26H33ClF3N3O5. The molecule has 1 atom stereocenters. The van der Waals surface area contributed by atoms with Crippen LogP contribution in [-0.4, -0.2) is 40.3 Å². The van der Waals surface area contributed by atoms with E-state index in [1.54, 1.807) is 32.0 Å². The number of carboxylic acid groups (broad SMARTS) is 1. The zero-order chi connectivity index (χ0) is 27.3. The van der Waals surface area contributed by atoms with Gasteiger partial charge in [-0.3, -0.25) is 4.79 Å². The standard InChI is InChI=1S/C24H23ClF3NO4.C2H8N2.H2O/c1-13(2)33-20-6-3-14(9-18(20)24(26,27)28)12-32-16-4-5-19-17(11-16)22(25)23-15(10-21(30)31)7-8-29(19)23;3-1-2-4;/h3-6,9,11,13,15H,7-8,10,12H2,1-2H3,(H,30,31);1-4H2;1H2/t15-;;/m1../s1. The first-order valence-electron chi connectivity index (χ1n) is 11.9. The van der Waals surface area contributed by atoms with Crippen LogP contribution >= 0.6 is 11.6 Å². The lowest BCUT2D eigenvalue weighted by atomic mass is 10.0. The Hall–Kier alpha value is -2.99. The van der Waals surface area contributed by atoms with Crippen LogP contribution in [0.3, 0.4) is 0 Å². The lowest BCUT2D eigenvalue weighted by Crippen LogP contribution is -2.13. The summed E-state index contributed by atoms with van der Waals surface area (Å²) in [5.41, 5.74) is 11.0. The van der Waals surface area contributed by atoms with Gasteiger partial charge in [0.05, 0.1) is 28.6 Å². The lowest BCUT2D eigenvalue weighted by molar-refractivity contribution is -0.139. The predicted octanol–water partition coefficient (Wildman–Crippen LogP) is 4.72. The molecule has 1 aliphatic heterocycles. The summed E-state index contributed by atoms with van der Waals surface area (Å²) in [7, 11) is 0. The van der Waals surface area contributed by atoms with E-state index in [1.165, 1.54) is 6.07 Å². The van der Waals surface area contributed by atoms with Gasteiger partial charge in [0.1, 0.15) is 18.1 Å². The van der Waals surface area contributed by atoms with Crippen molar-refractivity contribution < 1.29 is 38.0 Å². The molecule has 0 aliphatic carbocycles. The van der Waals surface area contributed by atoms with Crippen molar-refractivity contribution in [3.8, 4) is 11.5 Å². The summed E-state index contributed by atoms with van der Waals surface area (Å²) in [6.45, 7) is 5.14. The monoisotopic (exact) mass is 559 g/mol. The molecule has 8 nitrogen and oxygen atoms in total. The molecule has 1 aliphatic rings. The maximum atomic E-state index is 13.5. The summed E-state index contributed by atoms with van der Waals surface area (Å²) in [6, 6.07) is 9.19. The number of aromatic nitrogens is 1. The van der Waals surface area contributed by atoms with Gasteiger partial charge in [0.15, 0.2) is 0 Å². The molecule has 0 saturated carbocycles. The number of rotatable bonds is 8. The summed E-state index contributed by atoms with van der Waals surface area (Å²) >= 11 is 6.59. The first-order chi connectivity index (χ1) is 17.5. The van der Waals surface area contributed by atoms with Gasteiger partial charge in [-0.1, -0.05) is 17.7 Å². The number of fused-ring (bicyclic) bond motifs is 3. The topological polar surface area (TPSA) is 144 Å². The second-order valence-electron chi connectivity index (χ2n) is 8.97. The maximum absolute atomic E-state index is 13.5. The summed E-state index contributed by atoms with van der Waals surface area (Å²) in [5.74, 6) is -0.783. The van der Waals surface area contributed by atoms with Crippen molar-refractivity contribution in [1.29, 1.82) is 0 Å². The van der Waals surface area contributed by atoms with Gasteiger partial charge >= 0.3 is 12.1 Å². The quantitative estimate of drug-likeness (QED) is 0.364. The highest BCUT2D eigenvalue weighted by Crippen LogP contribution is 2.44. The molecule has 38 heavy (non-hydrogen) atoms. The Morgan fingerprint density at radius 1 is 1.18 bits per heavy atom. The van der Waals surface area contributed by atoms with Gasteiger partial charge in [0.2, 0.25) is 0 Å². The number of aryl methyl sites for hydroxylation is 1. The Morgan fingerprint density at radius 2 is 1.87 bits per heavy atom. The van der Waals surface area contributed by atoms with Crippen molar-refractivity contribution >= 4 is 28.5 Å². The van der Waals surface area contributed by atoms with Crippen LogP contribution in [0, 0.1) is 0 Å². The van der Waals surface area contributed by atoms with E-state index in [0.29, 0.717) is 42.4 Å². The normalized spacial score (nSPS) is 14.5. The first-order valence-corrected chi connectivity index (χ1v) is 12.3. The highest BCUT2D eigenvalue weighted by molar-refractivity contribution is 6.36. The van der Waals surface area contributed by atoms with Crippen molar-refractivity contribution in [2.24, 2.45) is 11.5 Å². The second kappa shape index (κ2) is 13.2. The third-order valence-corrected chi connectivity index (χ3v) is 6.20. The molecule has 0 saturated heterocycles. The van der Waals surface area contributed by atoms with Gasteiger partial charge in [-0.15, -0.1) is 0 Å². The number of carboxylic acids is 1. The Kier molecular flexibility index (Phi) is 10.8. The minimum absolute atomic E-state index is 0. The lowest BCUT2D eigenvalue weighted by Gasteiger charge is -2.17. The summed E-state index contributed by atoms with van der Waals surface area (Å²) in [4.78, 5) is 11.2. The number of nitrogens with two attached hydrogens (primary N) is 2. The van der Waals surface area contributed by atoms with E-state index in [4.69, 9.17) is 37.6 Å². The minimum atomic E-state index is -4.55. The zero-order valence-electron chi connectivity index (χ0n) is 21.1. The molecule has 0 radical (unpaired) electrons. The van der Waals surface area contributed by atoms with Crippen LogP contribution in [0.1, 0.15) is 49.4 Å². The molecule has 0 spiro atoms. The van der Waals surface area contributed by atoms with E-state index < -0.39 is 17.7 Å². The Morgan fingerprint density at radius 3 is 2.45 bits per heavy atom. The number of ether oxygens (including phenoxy) is 2. The van der Waals surface area contributed by atoms with E-state index in [2.05, 4.69) is 0 Å². The number of alkyl halides is 3. The van der Waals surface area contributed by atoms with Gasteiger partial charge in [-0.05, 0) is 56.2 Å². The first kappa shape index (κ1) is 31.2. The molecule has 12 heteroatoms. The number of carbonyl (C=O) groups is 1. The number of nitrogens with zero attached hydrogens (tertiary/aromatic N) is 1. The summed E-state index contributed by atoms with van der Waals surface area (Å²) in [5, 5.41) is 10.4. The van der Waals surface area contributed by atoms with E-state index >= 15 is 0 Å². The van der Waals surface area contributed by atoms with Crippen LogP contribution in [-0.2, 0) is 24.1 Å². The molecular weight excluding hydrogens is 527 g/mol. The van der Waals surface area contributed by atoms with Crippen LogP contribution < -0.4 is 20.9 Å². The predicted molar refractivity (Wildman–Crippen MR) is 140 cm³/mol. The maximum Gasteiger partial charge on any atom is 0.419 e. The van der Waals surface area contributed by atoms with Crippen LogP contribution in [0.5, 0.6) is 11.5 Å². The second-order valence-corrected chi connectivity index (χ2v) is 9.35. The highest BCUT2D eigenvalue weighted by Gasteiger charge is 2.35. The van der Waals surface area contributed by atoms with E-state index in [-0.39, 0.29) is 36.3 Å². The number of hydrogen-bond acceptors (Lipinski definition) is 5. The molecule has 3 aromatic rings. The van der Waals surface area contributed by atoms with Crippen molar-refractivity contribution in [2.45, 2.75) is 58.0 Å². The van der Waals surface area contributed by atoms with Gasteiger partial charge in [0, 0.05) is 36.6 Å². The van der Waals surface area contributed by atoms with E-state index in [1.807, 2.05) is 10.6 Å². The zero-order valence-corrected chi connectivity index (χ0v) is 21.9. The summed E-state index contributed by atoms with van der Waals surface area (Å²) < 4.78 is 53.5. The van der Waals surface area contributed by atoms with Gasteiger partial charge in [-0.2, -0.15) is 13.2 Å². The van der Waals surface area contributed by atoms with Crippen LogP contribution in [0.25, 0.3) is 10.9 Å². The van der Waals surface area contributed by atoms with Gasteiger partial charge < -0.3 is 36.1 Å². The average Bonchev–Trinajstić information content (AvgIpc) is 3.36. The average molecular weight is 560 g/mol. The Bertz CT molecular complexity index is 1250. The fourth-order valence-corrected chi connectivity index (χ4v) is 4.69. The van der Waals surface area contributed by atoms with Gasteiger partial charge in [0.25, 0.3) is 0 Å². The SMILES string of the molecule is CC(C)Oc1ccc(COc2ccc3c(c2)c(Cl)c2n3CC[C@@H]2CC(=O)O)cc1C(F)(F)F.NCCN.O. The molecule has 0 bridgehead atoms. The minimum Gasteiger partial charge on any atom is -0.490 e. The third kappa shape index (κ3) is 7.31. The molecule has 0 fully saturated rings. The molecule has 7 N–H and O–H groups in total. The van der Waals surface area contributed by atoms with Gasteiger partial charge in [-0.25, -0.2) is 0 Å². The van der Waals surface area contributed by atoms with Crippen molar-refractivity contribution in [3.63, 3.8) is 0 Å². The summed E-state index contributed by atoms with van der Waals surface area (Å²) in [6.07, 6.45) is -4.21. The number of benzene rings is 2.